The SMILES string of the molecule is c1ccc2c(c1)c1ccccc1n2-c1ccc2c(c1)c1ccccc1n2-c1ccc2c3cccc4c5ccccc5n(c2c1)c43. The lowest BCUT2D eigenvalue weighted by molar-refractivity contribution is 1.17. The van der Waals surface area contributed by atoms with E-state index < -0.39 is 0 Å². The van der Waals surface area contributed by atoms with Gasteiger partial charge in [-0.3, -0.25) is 0 Å². The van der Waals surface area contributed by atoms with Crippen LogP contribution in [0.15, 0.2) is 152 Å². The van der Waals surface area contributed by atoms with Crippen molar-refractivity contribution in [2.45, 2.75) is 0 Å². The van der Waals surface area contributed by atoms with Crippen molar-refractivity contribution in [1.29, 1.82) is 0 Å². The van der Waals surface area contributed by atoms with Gasteiger partial charge in [0.2, 0.25) is 0 Å². The van der Waals surface area contributed by atoms with Gasteiger partial charge < -0.3 is 13.5 Å². The molecule has 0 fully saturated rings. The van der Waals surface area contributed by atoms with Crippen LogP contribution in [-0.4, -0.2) is 13.5 Å². The fourth-order valence-electron chi connectivity index (χ4n) is 8.14. The van der Waals surface area contributed by atoms with Crippen molar-refractivity contribution in [2.24, 2.45) is 0 Å². The van der Waals surface area contributed by atoms with Crippen LogP contribution in [0.1, 0.15) is 0 Å². The Morgan fingerprint density at radius 2 is 0.689 bits per heavy atom. The minimum absolute atomic E-state index is 1.17. The number of rotatable bonds is 2. The molecule has 0 aliphatic carbocycles. The first-order valence-electron chi connectivity index (χ1n) is 15.5. The highest BCUT2D eigenvalue weighted by atomic mass is 15.0. The minimum Gasteiger partial charge on any atom is -0.309 e. The van der Waals surface area contributed by atoms with Crippen molar-refractivity contribution in [2.75, 3.05) is 0 Å². The van der Waals surface area contributed by atoms with Crippen molar-refractivity contribution in [3.63, 3.8) is 0 Å². The van der Waals surface area contributed by atoms with Crippen LogP contribution in [-0.2, 0) is 0 Å². The topological polar surface area (TPSA) is 14.3 Å². The number of para-hydroxylation sites is 5. The number of nitrogens with zero attached hydrogens (tertiary/aromatic N) is 3. The van der Waals surface area contributed by atoms with Gasteiger partial charge >= 0.3 is 0 Å². The Labute approximate surface area is 257 Å². The van der Waals surface area contributed by atoms with E-state index in [-0.39, 0.29) is 0 Å². The Morgan fingerprint density at radius 3 is 1.31 bits per heavy atom. The molecule has 0 spiro atoms. The van der Waals surface area contributed by atoms with Crippen LogP contribution >= 0.6 is 0 Å². The number of hydrogen-bond acceptors (Lipinski definition) is 0. The van der Waals surface area contributed by atoms with E-state index >= 15 is 0 Å². The second kappa shape index (κ2) is 8.31. The number of hydrogen-bond donors (Lipinski definition) is 0. The third kappa shape index (κ3) is 2.90. The van der Waals surface area contributed by atoms with Gasteiger partial charge in [-0.2, -0.15) is 0 Å². The molecule has 0 amide bonds. The zero-order valence-electron chi connectivity index (χ0n) is 24.3. The highest BCUT2D eigenvalue weighted by molar-refractivity contribution is 6.23. The van der Waals surface area contributed by atoms with Gasteiger partial charge in [-0.25, -0.2) is 0 Å². The molecule has 0 radical (unpaired) electrons. The average Bonchev–Trinajstić information content (AvgIpc) is 3.82. The fraction of sp³-hybridized carbons (Fsp3) is 0. The summed E-state index contributed by atoms with van der Waals surface area (Å²) in [6.07, 6.45) is 0. The number of aromatic nitrogens is 3. The molecular weight excluding hydrogens is 546 g/mol. The van der Waals surface area contributed by atoms with Crippen molar-refractivity contribution >= 4 is 81.7 Å². The molecule has 208 valence electrons. The Hall–Kier alpha value is -6.06. The highest BCUT2D eigenvalue weighted by Crippen LogP contribution is 2.41. The lowest BCUT2D eigenvalue weighted by Gasteiger charge is -2.11. The average molecular weight is 572 g/mol. The van der Waals surface area contributed by atoms with Gasteiger partial charge in [-0.1, -0.05) is 97.1 Å². The largest absolute Gasteiger partial charge is 0.309 e. The molecule has 45 heavy (non-hydrogen) atoms. The summed E-state index contributed by atoms with van der Waals surface area (Å²) >= 11 is 0. The predicted octanol–water partition coefficient (Wildman–Crippen LogP) is 11.0. The van der Waals surface area contributed by atoms with Crippen molar-refractivity contribution < 1.29 is 0 Å². The third-order valence-corrected chi connectivity index (χ3v) is 9.96. The monoisotopic (exact) mass is 571 g/mol. The maximum absolute atomic E-state index is 2.47. The van der Waals surface area contributed by atoms with E-state index in [4.69, 9.17) is 0 Å². The maximum Gasteiger partial charge on any atom is 0.0620 e. The van der Waals surface area contributed by atoms with E-state index in [1.165, 1.54) is 93.1 Å². The Balaban J connectivity index is 1.21. The summed E-state index contributed by atoms with van der Waals surface area (Å²) in [5.41, 5.74) is 11.0. The van der Waals surface area contributed by atoms with E-state index in [0.29, 0.717) is 0 Å². The molecule has 3 heteroatoms. The molecule has 4 heterocycles. The zero-order chi connectivity index (χ0) is 29.2. The van der Waals surface area contributed by atoms with Crippen molar-refractivity contribution in [3.8, 4) is 11.4 Å². The molecule has 0 saturated carbocycles. The molecular formula is C42H25N3. The predicted molar refractivity (Wildman–Crippen MR) is 190 cm³/mol. The smallest absolute Gasteiger partial charge is 0.0620 e. The fourth-order valence-corrected chi connectivity index (χ4v) is 8.14. The first-order chi connectivity index (χ1) is 22.3. The summed E-state index contributed by atoms with van der Waals surface area (Å²) in [7, 11) is 0. The molecule has 3 nitrogen and oxygen atoms in total. The van der Waals surface area contributed by atoms with E-state index in [1.54, 1.807) is 0 Å². The van der Waals surface area contributed by atoms with Gasteiger partial charge in [0.05, 0.1) is 38.6 Å². The summed E-state index contributed by atoms with van der Waals surface area (Å²) in [5.74, 6) is 0. The maximum atomic E-state index is 2.47. The van der Waals surface area contributed by atoms with E-state index in [1.807, 2.05) is 0 Å². The van der Waals surface area contributed by atoms with Crippen LogP contribution in [0.25, 0.3) is 93.1 Å². The first kappa shape index (κ1) is 23.4. The van der Waals surface area contributed by atoms with E-state index in [9.17, 15) is 0 Å². The van der Waals surface area contributed by atoms with Gasteiger partial charge in [0.15, 0.2) is 0 Å². The molecule has 11 aromatic rings. The summed E-state index contributed by atoms with van der Waals surface area (Å²) in [5, 5.41) is 10.3. The summed E-state index contributed by atoms with van der Waals surface area (Å²) in [4.78, 5) is 0. The third-order valence-electron chi connectivity index (χ3n) is 9.96. The second-order valence-electron chi connectivity index (χ2n) is 12.2. The molecule has 4 aromatic heterocycles. The lowest BCUT2D eigenvalue weighted by atomic mass is 10.1. The second-order valence-corrected chi connectivity index (χ2v) is 12.2. The lowest BCUT2D eigenvalue weighted by Crippen LogP contribution is -1.96. The van der Waals surface area contributed by atoms with Crippen molar-refractivity contribution in [1.82, 2.24) is 13.5 Å². The molecule has 11 rings (SSSR count). The van der Waals surface area contributed by atoms with Gasteiger partial charge in [0, 0.05) is 54.5 Å². The van der Waals surface area contributed by atoms with Crippen LogP contribution in [0, 0.1) is 0 Å². The van der Waals surface area contributed by atoms with Crippen molar-refractivity contribution in [3.05, 3.63) is 152 Å². The molecule has 0 aliphatic rings. The van der Waals surface area contributed by atoms with E-state index in [2.05, 4.69) is 165 Å². The van der Waals surface area contributed by atoms with Gasteiger partial charge in [0.25, 0.3) is 0 Å². The molecule has 0 atom stereocenters. The van der Waals surface area contributed by atoms with Crippen LogP contribution in [0.2, 0.25) is 0 Å². The molecule has 7 aromatic carbocycles. The summed E-state index contributed by atoms with van der Waals surface area (Å²) in [6, 6.07) is 55.7. The van der Waals surface area contributed by atoms with Gasteiger partial charge in [-0.15, -0.1) is 0 Å². The number of benzene rings is 7. The Bertz CT molecular complexity index is 2930. The Kier molecular flexibility index (Phi) is 4.32. The molecule has 0 bridgehead atoms. The normalized spacial score (nSPS) is 12.4. The van der Waals surface area contributed by atoms with Gasteiger partial charge in [-0.05, 0) is 54.6 Å². The highest BCUT2D eigenvalue weighted by Gasteiger charge is 2.19. The minimum atomic E-state index is 1.17. The molecule has 0 N–H and O–H groups in total. The molecule has 0 saturated heterocycles. The molecule has 0 unspecified atom stereocenters. The number of fused-ring (bicyclic) bond motifs is 12. The standard InChI is InChI=1S/C42H25N3/c1-5-16-36-28(10-1)29-11-2-6-17-37(29)43(36)26-21-23-40-35(24-26)31-13-4-7-18-38(31)44(40)27-20-22-32-34-15-9-14-33-30-12-3-8-19-39(30)45(42(33)34)41(32)25-27/h1-25H. The Morgan fingerprint density at radius 1 is 0.267 bits per heavy atom. The molecule has 0 aliphatic heterocycles. The zero-order valence-corrected chi connectivity index (χ0v) is 24.3. The van der Waals surface area contributed by atoms with Gasteiger partial charge in [0.1, 0.15) is 0 Å². The van der Waals surface area contributed by atoms with Crippen LogP contribution < -0.4 is 0 Å². The van der Waals surface area contributed by atoms with Crippen LogP contribution in [0.5, 0.6) is 0 Å². The first-order valence-corrected chi connectivity index (χ1v) is 15.5. The van der Waals surface area contributed by atoms with E-state index in [0.717, 1.165) is 0 Å². The quantitative estimate of drug-likeness (QED) is 0.196. The summed E-state index contributed by atoms with van der Waals surface area (Å²) in [6.45, 7) is 0. The summed E-state index contributed by atoms with van der Waals surface area (Å²) < 4.78 is 7.31. The van der Waals surface area contributed by atoms with Crippen LogP contribution in [0.3, 0.4) is 0 Å². The van der Waals surface area contributed by atoms with Crippen LogP contribution in [0.4, 0.5) is 0 Å².